The van der Waals surface area contributed by atoms with E-state index in [0.29, 0.717) is 0 Å². The Labute approximate surface area is 125 Å². The van der Waals surface area contributed by atoms with Crippen LogP contribution >= 0.6 is 15.9 Å². The first-order chi connectivity index (χ1) is 9.76. The number of furan rings is 1. The van der Waals surface area contributed by atoms with Crippen LogP contribution in [0.2, 0.25) is 0 Å². The molecule has 4 heteroatoms. The van der Waals surface area contributed by atoms with Gasteiger partial charge >= 0.3 is 0 Å². The lowest BCUT2D eigenvalue weighted by Gasteiger charge is -2.16. The number of rotatable bonds is 4. The normalized spacial score (nSPS) is 12.7. The van der Waals surface area contributed by atoms with E-state index in [1.54, 1.807) is 12.5 Å². The van der Waals surface area contributed by atoms with Gasteiger partial charge in [0, 0.05) is 4.47 Å². The summed E-state index contributed by atoms with van der Waals surface area (Å²) in [5.41, 5.74) is 5.18. The first kappa shape index (κ1) is 13.4. The summed E-state index contributed by atoms with van der Waals surface area (Å²) >= 11 is 3.49. The zero-order valence-electron chi connectivity index (χ0n) is 10.8. The van der Waals surface area contributed by atoms with Gasteiger partial charge in [-0.15, -0.1) is 0 Å². The van der Waals surface area contributed by atoms with Gasteiger partial charge in [-0.2, -0.15) is 0 Å². The van der Waals surface area contributed by atoms with Crippen LogP contribution in [0, 0.1) is 0 Å². The van der Waals surface area contributed by atoms with Gasteiger partial charge in [-0.3, -0.25) is 11.3 Å². The summed E-state index contributed by atoms with van der Waals surface area (Å²) in [5, 5.41) is 2.42. The Morgan fingerprint density at radius 1 is 1.10 bits per heavy atom. The van der Waals surface area contributed by atoms with Gasteiger partial charge in [0.25, 0.3) is 0 Å². The molecule has 0 spiro atoms. The minimum absolute atomic E-state index is 0.0700. The van der Waals surface area contributed by atoms with Gasteiger partial charge < -0.3 is 4.42 Å². The Balaban J connectivity index is 1.93. The lowest BCUT2D eigenvalue weighted by Crippen LogP contribution is -2.29. The smallest absolute Gasteiger partial charge is 0.0935 e. The lowest BCUT2D eigenvalue weighted by atomic mass is 9.98. The quantitative estimate of drug-likeness (QED) is 0.562. The van der Waals surface area contributed by atoms with Crippen LogP contribution in [0.5, 0.6) is 0 Å². The molecule has 0 aliphatic carbocycles. The number of halogens is 1. The number of benzene rings is 2. The van der Waals surface area contributed by atoms with Crippen molar-refractivity contribution in [1.29, 1.82) is 0 Å². The summed E-state index contributed by atoms with van der Waals surface area (Å²) in [6.07, 6.45) is 4.23. The highest BCUT2D eigenvalue weighted by molar-refractivity contribution is 9.10. The van der Waals surface area contributed by atoms with E-state index in [0.717, 1.165) is 16.5 Å². The SMILES string of the molecule is NNC(Cc1ccoc1)c1ccc2cc(Br)ccc2c1. The molecule has 102 valence electrons. The van der Waals surface area contributed by atoms with Crippen molar-refractivity contribution in [2.45, 2.75) is 12.5 Å². The maximum atomic E-state index is 5.70. The molecule has 3 N–H and O–H groups in total. The van der Waals surface area contributed by atoms with Crippen LogP contribution in [0.4, 0.5) is 0 Å². The second-order valence-corrected chi connectivity index (χ2v) is 5.72. The molecule has 0 aliphatic rings. The van der Waals surface area contributed by atoms with Gasteiger partial charge in [0.2, 0.25) is 0 Å². The molecule has 0 radical (unpaired) electrons. The van der Waals surface area contributed by atoms with Crippen molar-refractivity contribution >= 4 is 26.7 Å². The zero-order valence-corrected chi connectivity index (χ0v) is 12.4. The van der Waals surface area contributed by atoms with Crippen molar-refractivity contribution in [3.05, 3.63) is 70.6 Å². The third kappa shape index (κ3) is 2.77. The highest BCUT2D eigenvalue weighted by atomic mass is 79.9. The Hall–Kier alpha value is -1.62. The fourth-order valence-electron chi connectivity index (χ4n) is 2.37. The molecule has 0 aliphatic heterocycles. The average Bonchev–Trinajstić information content (AvgIpc) is 2.97. The summed E-state index contributed by atoms with van der Waals surface area (Å²) in [6.45, 7) is 0. The third-order valence-electron chi connectivity index (χ3n) is 3.45. The van der Waals surface area contributed by atoms with Crippen LogP contribution in [-0.4, -0.2) is 0 Å². The minimum Gasteiger partial charge on any atom is -0.472 e. The number of hydrazine groups is 1. The molecule has 0 amide bonds. The van der Waals surface area contributed by atoms with Crippen molar-refractivity contribution in [1.82, 2.24) is 5.43 Å². The molecule has 0 fully saturated rings. The predicted octanol–water partition coefficient (Wildman–Crippen LogP) is 3.94. The molecule has 1 aromatic heterocycles. The minimum atomic E-state index is 0.0700. The Morgan fingerprint density at radius 3 is 2.65 bits per heavy atom. The average molecular weight is 331 g/mol. The Kier molecular flexibility index (Phi) is 3.87. The monoisotopic (exact) mass is 330 g/mol. The van der Waals surface area contributed by atoms with E-state index in [9.17, 15) is 0 Å². The van der Waals surface area contributed by atoms with Gasteiger partial charge in [-0.25, -0.2) is 0 Å². The van der Waals surface area contributed by atoms with Crippen molar-refractivity contribution in [3.63, 3.8) is 0 Å². The molecule has 2 aromatic carbocycles. The Bertz CT molecular complexity index is 710. The number of hydrogen-bond acceptors (Lipinski definition) is 3. The van der Waals surface area contributed by atoms with Gasteiger partial charge in [0.15, 0.2) is 0 Å². The maximum Gasteiger partial charge on any atom is 0.0935 e. The second-order valence-electron chi connectivity index (χ2n) is 4.81. The number of fused-ring (bicyclic) bond motifs is 1. The molecule has 1 atom stereocenters. The summed E-state index contributed by atoms with van der Waals surface area (Å²) in [7, 11) is 0. The fraction of sp³-hybridized carbons (Fsp3) is 0.125. The van der Waals surface area contributed by atoms with Crippen LogP contribution in [0.15, 0.2) is 63.9 Å². The first-order valence-corrected chi connectivity index (χ1v) is 7.22. The zero-order chi connectivity index (χ0) is 13.9. The van der Waals surface area contributed by atoms with E-state index in [-0.39, 0.29) is 6.04 Å². The van der Waals surface area contributed by atoms with E-state index in [2.05, 4.69) is 51.7 Å². The number of nitrogens with two attached hydrogens (primary N) is 1. The third-order valence-corrected chi connectivity index (χ3v) is 3.94. The summed E-state index contributed by atoms with van der Waals surface area (Å²) in [4.78, 5) is 0. The maximum absolute atomic E-state index is 5.70. The van der Waals surface area contributed by atoms with Gasteiger partial charge in [-0.1, -0.05) is 34.1 Å². The number of nitrogens with one attached hydrogen (secondary N) is 1. The molecule has 3 aromatic rings. The van der Waals surface area contributed by atoms with Gasteiger partial charge in [0.05, 0.1) is 18.6 Å². The summed E-state index contributed by atoms with van der Waals surface area (Å²) < 4.78 is 6.19. The van der Waals surface area contributed by atoms with Crippen molar-refractivity contribution in [3.8, 4) is 0 Å². The second kappa shape index (κ2) is 5.79. The van der Waals surface area contributed by atoms with E-state index >= 15 is 0 Å². The van der Waals surface area contributed by atoms with Crippen LogP contribution in [0.25, 0.3) is 10.8 Å². The van der Waals surface area contributed by atoms with E-state index in [1.165, 1.54) is 16.3 Å². The largest absolute Gasteiger partial charge is 0.472 e. The van der Waals surface area contributed by atoms with Crippen LogP contribution < -0.4 is 11.3 Å². The standard InChI is InChI=1S/C16H15BrN2O/c17-15-4-3-12-8-14(2-1-13(12)9-15)16(19-18)7-11-5-6-20-10-11/h1-6,8-10,16,19H,7,18H2. The summed E-state index contributed by atoms with van der Waals surface area (Å²) in [6, 6.07) is 14.7. The van der Waals surface area contributed by atoms with Crippen LogP contribution in [0.3, 0.4) is 0 Å². The highest BCUT2D eigenvalue weighted by Gasteiger charge is 2.12. The summed E-state index contributed by atoms with van der Waals surface area (Å²) in [5.74, 6) is 5.70. The molecule has 1 heterocycles. The van der Waals surface area contributed by atoms with E-state index < -0.39 is 0 Å². The topological polar surface area (TPSA) is 51.2 Å². The van der Waals surface area contributed by atoms with Gasteiger partial charge in [0.1, 0.15) is 0 Å². The molecule has 0 saturated heterocycles. The van der Waals surface area contributed by atoms with Crippen molar-refractivity contribution < 1.29 is 4.42 Å². The molecule has 20 heavy (non-hydrogen) atoms. The molecule has 1 unspecified atom stereocenters. The van der Waals surface area contributed by atoms with Crippen LogP contribution in [0.1, 0.15) is 17.2 Å². The lowest BCUT2D eigenvalue weighted by molar-refractivity contribution is 0.536. The van der Waals surface area contributed by atoms with Crippen molar-refractivity contribution in [2.75, 3.05) is 0 Å². The Morgan fingerprint density at radius 2 is 1.90 bits per heavy atom. The molecule has 3 nitrogen and oxygen atoms in total. The van der Waals surface area contributed by atoms with Crippen LogP contribution in [-0.2, 0) is 6.42 Å². The molecule has 0 saturated carbocycles. The van der Waals surface area contributed by atoms with Gasteiger partial charge in [-0.05, 0) is 52.6 Å². The first-order valence-electron chi connectivity index (χ1n) is 6.42. The van der Waals surface area contributed by atoms with E-state index in [4.69, 9.17) is 10.3 Å². The number of hydrogen-bond donors (Lipinski definition) is 2. The molecule has 0 bridgehead atoms. The molecular weight excluding hydrogens is 316 g/mol. The molecule has 3 rings (SSSR count). The highest BCUT2D eigenvalue weighted by Crippen LogP contribution is 2.25. The van der Waals surface area contributed by atoms with E-state index in [1.807, 2.05) is 12.1 Å². The fourth-order valence-corrected chi connectivity index (χ4v) is 2.75. The van der Waals surface area contributed by atoms with Crippen molar-refractivity contribution in [2.24, 2.45) is 5.84 Å². The molecular formula is C16H15BrN2O. The predicted molar refractivity (Wildman–Crippen MR) is 84.1 cm³/mol.